The Bertz CT molecular complexity index is 1210. The molecule has 0 saturated carbocycles. The van der Waals surface area contributed by atoms with Crippen molar-refractivity contribution in [3.63, 3.8) is 0 Å². The summed E-state index contributed by atoms with van der Waals surface area (Å²) >= 11 is 0. The minimum Gasteiger partial charge on any atom is -0.378 e. The van der Waals surface area contributed by atoms with Crippen LogP contribution in [0.15, 0.2) is 72.8 Å². The topological polar surface area (TPSA) is 29.5 Å². The first-order valence-corrected chi connectivity index (χ1v) is 11.9. The van der Waals surface area contributed by atoms with E-state index in [2.05, 4.69) is 92.4 Å². The molecular weight excluding hydrogens is 418 g/mol. The van der Waals surface area contributed by atoms with Crippen LogP contribution in [0, 0.1) is 13.8 Å². The molecule has 0 amide bonds. The van der Waals surface area contributed by atoms with Crippen molar-refractivity contribution in [1.29, 1.82) is 0 Å². The predicted molar refractivity (Wildman–Crippen MR) is 143 cm³/mol. The molecule has 0 atom stereocenters. The fourth-order valence-corrected chi connectivity index (χ4v) is 4.60. The molecule has 0 spiro atoms. The normalized spacial score (nSPS) is 14.9. The molecule has 1 fully saturated rings. The molecule has 1 heterocycles. The summed E-state index contributed by atoms with van der Waals surface area (Å²) in [6, 6.07) is 24.0. The van der Waals surface area contributed by atoms with E-state index in [0.717, 1.165) is 37.4 Å². The van der Waals surface area contributed by atoms with Crippen LogP contribution in [0.5, 0.6) is 0 Å². The number of hydrogen-bond acceptors (Lipinski definition) is 3. The van der Waals surface area contributed by atoms with Gasteiger partial charge in [-0.3, -0.25) is 4.79 Å². The summed E-state index contributed by atoms with van der Waals surface area (Å²) < 4.78 is 5.51. The van der Waals surface area contributed by atoms with Gasteiger partial charge in [0, 0.05) is 18.8 Å². The van der Waals surface area contributed by atoms with Crippen LogP contribution >= 0.6 is 0 Å². The van der Waals surface area contributed by atoms with Crippen molar-refractivity contribution >= 4 is 28.7 Å². The molecule has 0 N–H and O–H groups in total. The standard InChI is InChI=1S/C31H33NO2/c1-22-5-16-30(23(2)21-22)25(4)31(27-10-8-26(9-11-27)7-6-24(3)33)28-12-14-29(15-13-28)32-17-19-34-20-18-32/h5-16,21H,17-20H2,1-4H3/b7-6+,31-25+. The highest BCUT2D eigenvalue weighted by atomic mass is 16.5. The zero-order valence-electron chi connectivity index (χ0n) is 20.6. The van der Waals surface area contributed by atoms with Gasteiger partial charge < -0.3 is 9.64 Å². The van der Waals surface area contributed by atoms with E-state index in [1.54, 1.807) is 13.0 Å². The number of allylic oxidation sites excluding steroid dienone is 2. The minimum absolute atomic E-state index is 0.0516. The van der Waals surface area contributed by atoms with Gasteiger partial charge in [0.25, 0.3) is 0 Å². The third-order valence-electron chi connectivity index (χ3n) is 6.40. The summed E-state index contributed by atoms with van der Waals surface area (Å²) in [5.74, 6) is 0.0516. The number of rotatable bonds is 6. The molecular formula is C31H33NO2. The van der Waals surface area contributed by atoms with Crippen molar-refractivity contribution in [2.24, 2.45) is 0 Å². The quantitative estimate of drug-likeness (QED) is 0.308. The number of anilines is 1. The number of benzene rings is 3. The first-order valence-electron chi connectivity index (χ1n) is 11.9. The molecule has 4 rings (SSSR count). The van der Waals surface area contributed by atoms with E-state index in [1.807, 2.05) is 6.08 Å². The molecule has 3 aromatic rings. The Kier molecular flexibility index (Phi) is 7.44. The first kappa shape index (κ1) is 23.7. The molecule has 0 radical (unpaired) electrons. The van der Waals surface area contributed by atoms with Gasteiger partial charge in [0.2, 0.25) is 0 Å². The van der Waals surface area contributed by atoms with E-state index < -0.39 is 0 Å². The Labute approximate surface area is 203 Å². The van der Waals surface area contributed by atoms with Crippen LogP contribution in [0.25, 0.3) is 17.2 Å². The number of morpholine rings is 1. The third-order valence-corrected chi connectivity index (χ3v) is 6.40. The lowest BCUT2D eigenvalue weighted by Crippen LogP contribution is -2.36. The molecule has 0 aromatic heterocycles. The largest absolute Gasteiger partial charge is 0.378 e. The van der Waals surface area contributed by atoms with Crippen LogP contribution in [-0.2, 0) is 9.53 Å². The fraction of sp³-hybridized carbons (Fsp3) is 0.258. The number of aryl methyl sites for hydroxylation is 2. The van der Waals surface area contributed by atoms with Crippen molar-refractivity contribution in [2.45, 2.75) is 27.7 Å². The van der Waals surface area contributed by atoms with Crippen LogP contribution in [0.2, 0.25) is 0 Å². The van der Waals surface area contributed by atoms with Crippen molar-refractivity contribution < 1.29 is 9.53 Å². The average Bonchev–Trinajstić information content (AvgIpc) is 2.84. The van der Waals surface area contributed by atoms with Gasteiger partial charge in [-0.05, 0) is 84.9 Å². The maximum atomic E-state index is 11.3. The molecule has 0 unspecified atom stereocenters. The zero-order chi connectivity index (χ0) is 24.1. The summed E-state index contributed by atoms with van der Waals surface area (Å²) in [5.41, 5.74) is 10.9. The maximum absolute atomic E-state index is 11.3. The predicted octanol–water partition coefficient (Wildman–Crippen LogP) is 6.72. The zero-order valence-corrected chi connectivity index (χ0v) is 20.6. The number of ketones is 1. The molecule has 174 valence electrons. The molecule has 1 saturated heterocycles. The van der Waals surface area contributed by atoms with Gasteiger partial charge in [-0.2, -0.15) is 0 Å². The Morgan fingerprint density at radius 3 is 2.06 bits per heavy atom. The lowest BCUT2D eigenvalue weighted by molar-refractivity contribution is -0.112. The smallest absolute Gasteiger partial charge is 0.152 e. The minimum atomic E-state index is 0.0516. The van der Waals surface area contributed by atoms with Crippen LogP contribution in [0.1, 0.15) is 47.2 Å². The maximum Gasteiger partial charge on any atom is 0.152 e. The van der Waals surface area contributed by atoms with Gasteiger partial charge in [0.05, 0.1) is 13.2 Å². The second-order valence-corrected chi connectivity index (χ2v) is 9.03. The summed E-state index contributed by atoms with van der Waals surface area (Å²) in [5, 5.41) is 0. The molecule has 3 nitrogen and oxygen atoms in total. The Hall–Kier alpha value is -3.43. The summed E-state index contributed by atoms with van der Waals surface area (Å²) in [6.07, 6.45) is 3.47. The number of ether oxygens (including phenoxy) is 1. The van der Waals surface area contributed by atoms with Crippen molar-refractivity contribution in [2.75, 3.05) is 31.2 Å². The van der Waals surface area contributed by atoms with Gasteiger partial charge in [-0.1, -0.05) is 66.2 Å². The van der Waals surface area contributed by atoms with Crippen LogP contribution in [0.3, 0.4) is 0 Å². The third kappa shape index (κ3) is 5.55. The highest BCUT2D eigenvalue weighted by Crippen LogP contribution is 2.34. The monoisotopic (exact) mass is 451 g/mol. The summed E-state index contributed by atoms with van der Waals surface area (Å²) in [6.45, 7) is 11.5. The molecule has 1 aliphatic heterocycles. The summed E-state index contributed by atoms with van der Waals surface area (Å²) in [7, 11) is 0. The Morgan fingerprint density at radius 2 is 1.47 bits per heavy atom. The SMILES string of the molecule is CC(=O)/C=C/c1ccc(/C(=C(/C)c2ccc(C)cc2C)c2ccc(N3CCOCC3)cc2)cc1. The van der Waals surface area contributed by atoms with Gasteiger partial charge in [0.15, 0.2) is 5.78 Å². The molecule has 34 heavy (non-hydrogen) atoms. The van der Waals surface area contributed by atoms with E-state index in [9.17, 15) is 4.79 Å². The van der Waals surface area contributed by atoms with Gasteiger partial charge >= 0.3 is 0 Å². The van der Waals surface area contributed by atoms with Gasteiger partial charge in [0.1, 0.15) is 0 Å². The summed E-state index contributed by atoms with van der Waals surface area (Å²) in [4.78, 5) is 13.7. The highest BCUT2D eigenvalue weighted by molar-refractivity contribution is 5.99. The van der Waals surface area contributed by atoms with Crippen molar-refractivity contribution in [3.05, 3.63) is 106 Å². The van der Waals surface area contributed by atoms with Crippen molar-refractivity contribution in [1.82, 2.24) is 0 Å². The Morgan fingerprint density at radius 1 is 0.853 bits per heavy atom. The lowest BCUT2D eigenvalue weighted by Gasteiger charge is -2.29. The molecule has 3 heteroatoms. The number of nitrogens with zero attached hydrogens (tertiary/aromatic N) is 1. The molecule has 0 aliphatic carbocycles. The van der Waals surface area contributed by atoms with E-state index >= 15 is 0 Å². The van der Waals surface area contributed by atoms with Crippen LogP contribution in [-0.4, -0.2) is 32.1 Å². The fourth-order valence-electron chi connectivity index (χ4n) is 4.60. The van der Waals surface area contributed by atoms with Crippen LogP contribution in [0.4, 0.5) is 5.69 Å². The van der Waals surface area contributed by atoms with Crippen LogP contribution < -0.4 is 4.90 Å². The molecule has 1 aliphatic rings. The van der Waals surface area contributed by atoms with E-state index in [1.165, 1.54) is 39.1 Å². The van der Waals surface area contributed by atoms with Gasteiger partial charge in [-0.25, -0.2) is 0 Å². The first-order chi connectivity index (χ1) is 16.4. The second kappa shape index (κ2) is 10.7. The number of hydrogen-bond donors (Lipinski definition) is 0. The van der Waals surface area contributed by atoms with E-state index in [0.29, 0.717) is 0 Å². The van der Waals surface area contributed by atoms with Gasteiger partial charge in [-0.15, -0.1) is 0 Å². The van der Waals surface area contributed by atoms with Crippen molar-refractivity contribution in [3.8, 4) is 0 Å². The van der Waals surface area contributed by atoms with E-state index in [-0.39, 0.29) is 5.78 Å². The second-order valence-electron chi connectivity index (χ2n) is 9.03. The highest BCUT2D eigenvalue weighted by Gasteiger charge is 2.15. The molecule has 0 bridgehead atoms. The Balaban J connectivity index is 1.77. The number of carbonyl (C=O) groups is 1. The van der Waals surface area contributed by atoms with E-state index in [4.69, 9.17) is 4.74 Å². The number of carbonyl (C=O) groups excluding carboxylic acids is 1. The lowest BCUT2D eigenvalue weighted by atomic mass is 9.88. The average molecular weight is 452 g/mol. The molecule has 3 aromatic carbocycles.